The lowest BCUT2D eigenvalue weighted by Gasteiger charge is -2.38. The third-order valence-corrected chi connectivity index (χ3v) is 10.3. The molecule has 5 N–H and O–H groups in total. The van der Waals surface area contributed by atoms with Crippen LogP contribution in [0.1, 0.15) is 104 Å². The first-order valence-electron chi connectivity index (χ1n) is 21.2. The molecule has 0 aromatic heterocycles. The molecule has 3 aromatic rings. The molecule has 0 heterocycles. The summed E-state index contributed by atoms with van der Waals surface area (Å²) in [5.41, 5.74) is 7.68. The molecule has 0 fully saturated rings. The number of nitrogens with zero attached hydrogens (tertiary/aromatic N) is 3. The molecule has 0 aliphatic carbocycles. The lowest BCUT2D eigenvalue weighted by molar-refractivity contribution is -0.144. The van der Waals surface area contributed by atoms with E-state index < -0.39 is 42.0 Å². The summed E-state index contributed by atoms with van der Waals surface area (Å²) in [5, 5.41) is 26.2. The van der Waals surface area contributed by atoms with Crippen molar-refractivity contribution in [3.8, 4) is 5.75 Å². The summed E-state index contributed by atoms with van der Waals surface area (Å²) in [5.74, 6) is -2.60. The van der Waals surface area contributed by atoms with E-state index in [1.165, 1.54) is 17.0 Å². The lowest BCUT2D eigenvalue weighted by atomic mass is 10.00. The van der Waals surface area contributed by atoms with Crippen LogP contribution in [0.25, 0.3) is 0 Å². The number of hydrogen-bond acceptors (Lipinski definition) is 8. The third-order valence-electron chi connectivity index (χ3n) is 10.3. The number of hydrogen-bond donors (Lipinski definition) is 5. The van der Waals surface area contributed by atoms with Crippen LogP contribution >= 0.6 is 0 Å². The van der Waals surface area contributed by atoms with Gasteiger partial charge in [0.05, 0.1) is 0 Å². The highest BCUT2D eigenvalue weighted by Crippen LogP contribution is 2.24. The summed E-state index contributed by atoms with van der Waals surface area (Å²) in [7, 11) is 0. The zero-order chi connectivity index (χ0) is 43.2. The van der Waals surface area contributed by atoms with Crippen molar-refractivity contribution in [1.29, 1.82) is 0 Å². The molecular weight excluding hydrogens is 749 g/mol. The van der Waals surface area contributed by atoms with Crippen LogP contribution in [0.3, 0.4) is 0 Å². The fourth-order valence-electron chi connectivity index (χ4n) is 7.05. The Morgan fingerprint density at radius 2 is 1.24 bits per heavy atom. The second-order valence-electron chi connectivity index (χ2n) is 15.6. The Bertz CT molecular complexity index is 1710. The number of carboxylic acid groups (broad SMARTS) is 1. The second-order valence-corrected chi connectivity index (χ2v) is 15.6. The van der Waals surface area contributed by atoms with E-state index in [0.29, 0.717) is 37.0 Å². The van der Waals surface area contributed by atoms with Gasteiger partial charge in [0.25, 0.3) is 5.91 Å². The molecule has 3 rings (SSSR count). The van der Waals surface area contributed by atoms with Crippen LogP contribution in [0, 0.1) is 5.92 Å². The summed E-state index contributed by atoms with van der Waals surface area (Å²) in [6.07, 6.45) is 8.21. The minimum Gasteiger partial charge on any atom is -0.508 e. The van der Waals surface area contributed by atoms with Crippen molar-refractivity contribution in [2.45, 2.75) is 129 Å². The Labute approximate surface area is 350 Å². The Morgan fingerprint density at radius 3 is 1.78 bits per heavy atom. The minimum atomic E-state index is -1.25. The van der Waals surface area contributed by atoms with Gasteiger partial charge in [0.2, 0.25) is 18.2 Å². The monoisotopic (exact) mass is 814 g/mol. The summed E-state index contributed by atoms with van der Waals surface area (Å²) >= 11 is 0. The number of aliphatic carboxylic acids is 1. The molecule has 0 saturated carbocycles. The van der Waals surface area contributed by atoms with Gasteiger partial charge >= 0.3 is 5.97 Å². The van der Waals surface area contributed by atoms with Crippen LogP contribution in [0.4, 0.5) is 5.69 Å². The molecular formula is C46H66N6O7. The van der Waals surface area contributed by atoms with Crippen LogP contribution in [-0.2, 0) is 36.8 Å². The van der Waals surface area contributed by atoms with E-state index in [2.05, 4.69) is 30.0 Å². The molecule has 4 atom stereocenters. The molecule has 0 spiro atoms. The first-order valence-corrected chi connectivity index (χ1v) is 21.2. The number of para-hydroxylation sites is 1. The standard InChI is InChI=1S/C46H66N6O7/c1-6-8-10-18-28-50(47-33-53)42(30-34(3)4)45(57)52(38-22-16-13-17-23-38)35(5)43(55)49-51(29-19-11-9-7-2)41(32-37-24-26-39(54)27-25-37)44(56)48-40(46(58)59)31-36-20-14-12-15-21-36/h12-17,20-27,33-35,40-42,54H,6-11,18-19,28-32H2,1-5H3,(H,47,53)(H,48,56)(H,49,55)(H,58,59). The van der Waals surface area contributed by atoms with E-state index in [-0.39, 0.29) is 37.0 Å². The highest BCUT2D eigenvalue weighted by molar-refractivity contribution is 6.03. The molecule has 4 unspecified atom stereocenters. The number of anilines is 1. The van der Waals surface area contributed by atoms with Crippen molar-refractivity contribution >= 4 is 35.8 Å². The Hall–Kier alpha value is -5.27. The highest BCUT2D eigenvalue weighted by Gasteiger charge is 2.38. The molecule has 3 aromatic carbocycles. The summed E-state index contributed by atoms with van der Waals surface area (Å²) in [4.78, 5) is 69.8. The number of nitrogens with one attached hydrogen (secondary N) is 3. The Morgan fingerprint density at radius 1 is 0.678 bits per heavy atom. The maximum atomic E-state index is 14.9. The average molecular weight is 815 g/mol. The third kappa shape index (κ3) is 16.1. The molecule has 0 aliphatic heterocycles. The topological polar surface area (TPSA) is 172 Å². The quantitative estimate of drug-likeness (QED) is 0.0316. The van der Waals surface area contributed by atoms with Crippen molar-refractivity contribution in [2.24, 2.45) is 5.92 Å². The summed E-state index contributed by atoms with van der Waals surface area (Å²) in [6.45, 7) is 10.6. The van der Waals surface area contributed by atoms with E-state index in [9.17, 15) is 34.2 Å². The zero-order valence-corrected chi connectivity index (χ0v) is 35.5. The number of carboxylic acids is 1. The van der Waals surface area contributed by atoms with Gasteiger partial charge in [0.15, 0.2) is 0 Å². The fraction of sp³-hybridized carbons (Fsp3) is 0.500. The van der Waals surface area contributed by atoms with Gasteiger partial charge in [0, 0.05) is 25.2 Å². The van der Waals surface area contributed by atoms with Crippen LogP contribution in [0.2, 0.25) is 0 Å². The van der Waals surface area contributed by atoms with Gasteiger partial charge in [-0.2, -0.15) is 0 Å². The second kappa shape index (κ2) is 26.0. The number of rotatable bonds is 28. The molecule has 13 nitrogen and oxygen atoms in total. The first kappa shape index (κ1) is 48.1. The fourth-order valence-corrected chi connectivity index (χ4v) is 7.05. The first-order chi connectivity index (χ1) is 28.4. The van der Waals surface area contributed by atoms with E-state index in [1.807, 2.05) is 26.0 Å². The van der Waals surface area contributed by atoms with Crippen LogP contribution in [-0.4, -0.2) is 87.6 Å². The smallest absolute Gasteiger partial charge is 0.326 e. The van der Waals surface area contributed by atoms with Gasteiger partial charge in [-0.05, 0) is 73.9 Å². The predicted octanol–water partition coefficient (Wildman–Crippen LogP) is 6.41. The van der Waals surface area contributed by atoms with Gasteiger partial charge in [-0.15, -0.1) is 0 Å². The van der Waals surface area contributed by atoms with E-state index in [1.54, 1.807) is 77.6 Å². The average Bonchev–Trinajstić information content (AvgIpc) is 3.22. The Balaban J connectivity index is 2.05. The van der Waals surface area contributed by atoms with Gasteiger partial charge in [0.1, 0.15) is 29.9 Å². The zero-order valence-electron chi connectivity index (χ0n) is 35.5. The molecule has 4 amide bonds. The number of aromatic hydroxyl groups is 1. The number of unbranched alkanes of at least 4 members (excludes halogenated alkanes) is 6. The van der Waals surface area contributed by atoms with Gasteiger partial charge in [-0.1, -0.05) is 127 Å². The van der Waals surface area contributed by atoms with Crippen molar-refractivity contribution in [1.82, 2.24) is 26.2 Å². The van der Waals surface area contributed by atoms with Crippen molar-refractivity contribution < 1.29 is 34.2 Å². The van der Waals surface area contributed by atoms with Crippen LogP contribution in [0.15, 0.2) is 84.9 Å². The minimum absolute atomic E-state index is 0.0476. The molecule has 0 saturated heterocycles. The summed E-state index contributed by atoms with van der Waals surface area (Å²) < 4.78 is 0. The van der Waals surface area contributed by atoms with Gasteiger partial charge in [-0.25, -0.2) is 14.8 Å². The number of phenols is 1. The van der Waals surface area contributed by atoms with E-state index >= 15 is 0 Å². The molecule has 0 aliphatic rings. The molecule has 322 valence electrons. The Kier molecular flexibility index (Phi) is 21.2. The largest absolute Gasteiger partial charge is 0.508 e. The number of amides is 4. The molecule has 59 heavy (non-hydrogen) atoms. The number of phenolic OH excluding ortho intramolecular Hbond substituents is 1. The predicted molar refractivity (Wildman–Crippen MR) is 231 cm³/mol. The van der Waals surface area contributed by atoms with Gasteiger partial charge < -0.3 is 15.5 Å². The molecule has 0 radical (unpaired) electrons. The number of carbonyl (C=O) groups excluding carboxylic acids is 4. The SMILES string of the molecule is CCCCCCN(NC(=O)C(C)N(C(=O)C(CC(C)C)N(CCCCCC)NC=O)c1ccccc1)C(Cc1ccc(O)cc1)C(=O)NC(Cc1ccccc1)C(=O)O. The number of carbonyl (C=O) groups is 5. The maximum Gasteiger partial charge on any atom is 0.326 e. The number of benzene rings is 3. The maximum absolute atomic E-state index is 14.9. The van der Waals surface area contributed by atoms with E-state index in [4.69, 9.17) is 0 Å². The summed E-state index contributed by atoms with van der Waals surface area (Å²) in [6, 6.07) is 20.1. The van der Waals surface area contributed by atoms with Gasteiger partial charge in [-0.3, -0.25) is 34.9 Å². The number of hydrazine groups is 2. The van der Waals surface area contributed by atoms with E-state index in [0.717, 1.165) is 50.5 Å². The molecule has 0 bridgehead atoms. The molecule has 13 heteroatoms. The van der Waals surface area contributed by atoms with Crippen LogP contribution < -0.4 is 21.1 Å². The van der Waals surface area contributed by atoms with Crippen LogP contribution in [0.5, 0.6) is 5.75 Å². The van der Waals surface area contributed by atoms with Crippen molar-refractivity contribution in [3.63, 3.8) is 0 Å². The van der Waals surface area contributed by atoms with Crippen molar-refractivity contribution in [2.75, 3.05) is 18.0 Å². The lowest BCUT2D eigenvalue weighted by Crippen LogP contribution is -2.62. The highest BCUT2D eigenvalue weighted by atomic mass is 16.4. The normalized spacial score (nSPS) is 13.4. The van der Waals surface area contributed by atoms with Crippen molar-refractivity contribution in [3.05, 3.63) is 96.1 Å².